The Morgan fingerprint density at radius 1 is 1.00 bits per heavy atom. The Hall–Kier alpha value is -3.46. The van der Waals surface area contributed by atoms with E-state index in [0.717, 1.165) is 37.0 Å². The van der Waals surface area contributed by atoms with Gasteiger partial charge in [-0.05, 0) is 43.9 Å². The van der Waals surface area contributed by atoms with E-state index in [1.807, 2.05) is 61.5 Å². The molecule has 6 heteroatoms. The maximum absolute atomic E-state index is 13.1. The Balaban J connectivity index is 1.69. The van der Waals surface area contributed by atoms with E-state index in [-0.39, 0.29) is 11.9 Å². The summed E-state index contributed by atoms with van der Waals surface area (Å²) >= 11 is 0. The number of nitrogens with one attached hydrogen (secondary N) is 1. The summed E-state index contributed by atoms with van der Waals surface area (Å²) in [6, 6.07) is 19.3. The number of amides is 1. The molecule has 1 saturated heterocycles. The molecular formula is C24H25N5O. The molecular weight excluding hydrogens is 374 g/mol. The minimum atomic E-state index is -1.02. The van der Waals surface area contributed by atoms with Crippen molar-refractivity contribution in [2.75, 3.05) is 18.0 Å². The molecule has 0 saturated carbocycles. The number of nitrogens with zero attached hydrogens (tertiary/aromatic N) is 4. The van der Waals surface area contributed by atoms with Gasteiger partial charge in [0, 0.05) is 13.1 Å². The van der Waals surface area contributed by atoms with Gasteiger partial charge in [-0.1, -0.05) is 42.5 Å². The second-order valence-corrected chi connectivity index (χ2v) is 7.67. The normalized spacial score (nSPS) is 15.9. The maximum Gasteiger partial charge on any atom is 0.244 e. The van der Waals surface area contributed by atoms with E-state index in [2.05, 4.69) is 16.3 Å². The number of carbonyl (C=O) groups is 1. The van der Waals surface area contributed by atoms with E-state index in [1.54, 1.807) is 0 Å². The summed E-state index contributed by atoms with van der Waals surface area (Å²) in [4.78, 5) is 24.8. The Morgan fingerprint density at radius 3 is 2.30 bits per heavy atom. The van der Waals surface area contributed by atoms with Crippen molar-refractivity contribution < 1.29 is 4.79 Å². The van der Waals surface area contributed by atoms with Crippen molar-refractivity contribution in [1.82, 2.24) is 15.3 Å². The van der Waals surface area contributed by atoms with Crippen molar-refractivity contribution in [2.45, 2.75) is 38.1 Å². The van der Waals surface area contributed by atoms with E-state index in [0.29, 0.717) is 17.0 Å². The van der Waals surface area contributed by atoms with E-state index >= 15 is 0 Å². The zero-order chi connectivity index (χ0) is 20.9. The first-order valence-corrected chi connectivity index (χ1v) is 10.4. The highest BCUT2D eigenvalue weighted by atomic mass is 16.1. The van der Waals surface area contributed by atoms with Gasteiger partial charge in [-0.2, -0.15) is 5.26 Å². The monoisotopic (exact) mass is 399 g/mol. The lowest BCUT2D eigenvalue weighted by molar-refractivity contribution is -0.122. The van der Waals surface area contributed by atoms with Gasteiger partial charge < -0.3 is 10.2 Å². The highest BCUT2D eigenvalue weighted by molar-refractivity contribution is 5.89. The van der Waals surface area contributed by atoms with Crippen LogP contribution in [0.15, 0.2) is 54.6 Å². The number of carbonyl (C=O) groups excluding carboxylic acids is 1. The minimum Gasteiger partial charge on any atom is -0.355 e. The number of fused-ring (bicyclic) bond motifs is 1. The minimum absolute atomic E-state index is 0.207. The van der Waals surface area contributed by atoms with Crippen molar-refractivity contribution in [2.24, 2.45) is 0 Å². The van der Waals surface area contributed by atoms with Crippen LogP contribution >= 0.6 is 0 Å². The van der Waals surface area contributed by atoms with Gasteiger partial charge in [0.15, 0.2) is 11.7 Å². The lowest BCUT2D eigenvalue weighted by Gasteiger charge is -2.30. The molecule has 1 aromatic heterocycles. The summed E-state index contributed by atoms with van der Waals surface area (Å²) in [7, 11) is 0. The third kappa shape index (κ3) is 4.11. The summed E-state index contributed by atoms with van der Waals surface area (Å²) in [5.74, 6) is -0.718. The number of benzene rings is 2. The molecule has 152 valence electrons. The van der Waals surface area contributed by atoms with Crippen molar-refractivity contribution in [3.05, 3.63) is 65.9 Å². The van der Waals surface area contributed by atoms with Gasteiger partial charge >= 0.3 is 0 Å². The topological polar surface area (TPSA) is 81.9 Å². The second-order valence-electron chi connectivity index (χ2n) is 7.67. The maximum atomic E-state index is 13.1. The van der Waals surface area contributed by atoms with Gasteiger partial charge in [-0.3, -0.25) is 4.79 Å². The van der Waals surface area contributed by atoms with Crippen LogP contribution in [-0.2, 0) is 4.79 Å². The average molecular weight is 399 g/mol. The zero-order valence-electron chi connectivity index (χ0n) is 17.1. The molecule has 4 rings (SSSR count). The zero-order valence-corrected chi connectivity index (χ0v) is 17.1. The molecule has 0 spiro atoms. The van der Waals surface area contributed by atoms with Crippen LogP contribution in [0.1, 0.15) is 49.4 Å². The number of hydrogen-bond acceptors (Lipinski definition) is 5. The number of para-hydroxylation sites is 2. The van der Waals surface area contributed by atoms with Gasteiger partial charge in [0.1, 0.15) is 5.69 Å². The quantitative estimate of drug-likeness (QED) is 0.698. The lowest BCUT2D eigenvalue weighted by atomic mass is 10.0. The van der Waals surface area contributed by atoms with Crippen LogP contribution in [0.25, 0.3) is 11.0 Å². The van der Waals surface area contributed by atoms with Crippen LogP contribution in [0.3, 0.4) is 0 Å². The third-order valence-electron chi connectivity index (χ3n) is 5.56. The second kappa shape index (κ2) is 8.91. The van der Waals surface area contributed by atoms with Gasteiger partial charge in [-0.25, -0.2) is 9.97 Å². The fraction of sp³-hybridized carbons (Fsp3) is 0.333. The number of rotatable bonds is 5. The molecule has 2 aromatic carbocycles. The van der Waals surface area contributed by atoms with E-state index in [4.69, 9.17) is 9.97 Å². The SMILES string of the molecule is C[C@H](NC(=O)[C@@H](C#N)c1nc2ccccc2nc1N1CCCCC1)c1ccccc1. The van der Waals surface area contributed by atoms with Crippen LogP contribution in [-0.4, -0.2) is 29.0 Å². The van der Waals surface area contributed by atoms with Gasteiger partial charge in [-0.15, -0.1) is 0 Å². The predicted octanol–water partition coefficient (Wildman–Crippen LogP) is 4.10. The highest BCUT2D eigenvalue weighted by Gasteiger charge is 2.30. The molecule has 6 nitrogen and oxygen atoms in total. The highest BCUT2D eigenvalue weighted by Crippen LogP contribution is 2.29. The van der Waals surface area contributed by atoms with Crippen molar-refractivity contribution in [1.29, 1.82) is 5.26 Å². The molecule has 0 bridgehead atoms. The molecule has 2 heterocycles. The molecule has 1 N–H and O–H groups in total. The summed E-state index contributed by atoms with van der Waals surface area (Å²) in [5, 5.41) is 12.9. The van der Waals surface area contributed by atoms with Gasteiger partial charge in [0.25, 0.3) is 0 Å². The molecule has 30 heavy (non-hydrogen) atoms. The Kier molecular flexibility index (Phi) is 5.89. The summed E-state index contributed by atoms with van der Waals surface area (Å²) in [6.45, 7) is 3.64. The molecule has 2 atom stereocenters. The van der Waals surface area contributed by atoms with Crippen LogP contribution in [0, 0.1) is 11.3 Å². The standard InChI is InChI=1S/C24H25N5O/c1-17(18-10-4-2-5-11-18)26-24(30)19(16-25)22-23(29-14-8-3-9-15-29)28-21-13-7-6-12-20(21)27-22/h2,4-7,10-13,17,19H,3,8-9,14-15H2,1H3,(H,26,30)/t17-,19-/m0/s1. The molecule has 3 aromatic rings. The predicted molar refractivity (Wildman–Crippen MR) is 117 cm³/mol. The van der Waals surface area contributed by atoms with E-state index < -0.39 is 5.92 Å². The first-order chi connectivity index (χ1) is 14.7. The average Bonchev–Trinajstić information content (AvgIpc) is 2.80. The van der Waals surface area contributed by atoms with E-state index in [9.17, 15) is 10.1 Å². The first kappa shape index (κ1) is 19.8. The van der Waals surface area contributed by atoms with Gasteiger partial charge in [0.2, 0.25) is 5.91 Å². The first-order valence-electron chi connectivity index (χ1n) is 10.4. The van der Waals surface area contributed by atoms with Gasteiger partial charge in [0.05, 0.1) is 23.1 Å². The molecule has 0 aliphatic carbocycles. The number of anilines is 1. The van der Waals surface area contributed by atoms with Crippen LogP contribution in [0.2, 0.25) is 0 Å². The molecule has 1 amide bonds. The number of piperidine rings is 1. The van der Waals surface area contributed by atoms with Crippen LogP contribution in [0.4, 0.5) is 5.82 Å². The molecule has 1 aliphatic heterocycles. The Bertz CT molecular complexity index is 1070. The Morgan fingerprint density at radius 2 is 1.63 bits per heavy atom. The third-order valence-corrected chi connectivity index (χ3v) is 5.56. The van der Waals surface area contributed by atoms with Crippen molar-refractivity contribution >= 4 is 22.8 Å². The smallest absolute Gasteiger partial charge is 0.244 e. The van der Waals surface area contributed by atoms with Crippen LogP contribution < -0.4 is 10.2 Å². The fourth-order valence-electron chi connectivity index (χ4n) is 3.90. The number of nitriles is 1. The fourth-order valence-corrected chi connectivity index (χ4v) is 3.90. The summed E-state index contributed by atoms with van der Waals surface area (Å²) < 4.78 is 0. The number of hydrogen-bond donors (Lipinski definition) is 1. The van der Waals surface area contributed by atoms with Crippen molar-refractivity contribution in [3.63, 3.8) is 0 Å². The van der Waals surface area contributed by atoms with Crippen molar-refractivity contribution in [3.8, 4) is 6.07 Å². The molecule has 1 fully saturated rings. The van der Waals surface area contributed by atoms with E-state index in [1.165, 1.54) is 6.42 Å². The summed E-state index contributed by atoms with van der Waals surface area (Å²) in [5.41, 5.74) is 2.90. The lowest BCUT2D eigenvalue weighted by Crippen LogP contribution is -2.35. The number of aromatic nitrogens is 2. The molecule has 0 radical (unpaired) electrons. The Labute approximate surface area is 176 Å². The largest absolute Gasteiger partial charge is 0.355 e. The molecule has 0 unspecified atom stereocenters. The van der Waals surface area contributed by atoms with Crippen LogP contribution in [0.5, 0.6) is 0 Å². The molecule has 1 aliphatic rings. The summed E-state index contributed by atoms with van der Waals surface area (Å²) in [6.07, 6.45) is 3.33.